The Morgan fingerprint density at radius 3 is 2.23 bits per heavy atom. The predicted molar refractivity (Wildman–Crippen MR) is 112 cm³/mol. The summed E-state index contributed by atoms with van der Waals surface area (Å²) in [6, 6.07) is 5.90. The average Bonchev–Trinajstić information content (AvgIpc) is 2.68. The molecule has 0 amide bonds. The van der Waals surface area contributed by atoms with Crippen LogP contribution in [0.3, 0.4) is 0 Å². The lowest BCUT2D eigenvalue weighted by Gasteiger charge is -2.28. The summed E-state index contributed by atoms with van der Waals surface area (Å²) in [7, 11) is -3.23. The molecule has 0 bridgehead atoms. The van der Waals surface area contributed by atoms with E-state index >= 15 is 0 Å². The molecule has 172 valence electrons. The van der Waals surface area contributed by atoms with Crippen LogP contribution in [0.2, 0.25) is 0 Å². The Bertz CT molecular complexity index is 894. The van der Waals surface area contributed by atoms with Crippen LogP contribution < -0.4 is 0 Å². The van der Waals surface area contributed by atoms with Gasteiger partial charge in [-0.25, -0.2) is 8.42 Å². The van der Waals surface area contributed by atoms with Crippen molar-refractivity contribution in [2.45, 2.75) is 43.7 Å². The van der Waals surface area contributed by atoms with Gasteiger partial charge in [-0.15, -0.1) is 6.58 Å². The quantitative estimate of drug-likeness (QED) is 0.162. The molecule has 11 heteroatoms. The number of methoxy groups -OCH3 is 1. The number of hydrogen-bond acceptors (Lipinski definition) is 8. The van der Waals surface area contributed by atoms with E-state index in [1.807, 2.05) is 0 Å². The van der Waals surface area contributed by atoms with Gasteiger partial charge in [0, 0.05) is 17.9 Å². The summed E-state index contributed by atoms with van der Waals surface area (Å²) in [6.07, 6.45) is 1.19. The molecule has 0 aliphatic heterocycles. The van der Waals surface area contributed by atoms with Gasteiger partial charge in [0.15, 0.2) is 5.92 Å². The monoisotopic (exact) mass is 456 g/mol. The van der Waals surface area contributed by atoms with Gasteiger partial charge in [0.1, 0.15) is 5.60 Å². The molecule has 0 aliphatic carbocycles. The lowest BCUT2D eigenvalue weighted by molar-refractivity contribution is -0.521. The largest absolute Gasteiger partial charge is 0.468 e. The summed E-state index contributed by atoms with van der Waals surface area (Å²) in [5, 5.41) is 11.4. The third-order valence-corrected chi connectivity index (χ3v) is 5.94. The van der Waals surface area contributed by atoms with Gasteiger partial charge in [0.25, 0.3) is 0 Å². The predicted octanol–water partition coefficient (Wildman–Crippen LogP) is 2.03. The van der Waals surface area contributed by atoms with E-state index in [1.165, 1.54) is 30.3 Å². The first-order valence-electron chi connectivity index (χ1n) is 9.43. The van der Waals surface area contributed by atoms with Crippen molar-refractivity contribution in [2.75, 3.05) is 20.2 Å². The molecule has 0 saturated carbocycles. The second-order valence-corrected chi connectivity index (χ2v) is 9.65. The first-order chi connectivity index (χ1) is 14.3. The molecule has 0 spiro atoms. The lowest BCUT2D eigenvalue weighted by Crippen LogP contribution is -2.47. The first kappa shape index (κ1) is 26.2. The van der Waals surface area contributed by atoms with Gasteiger partial charge in [0.05, 0.1) is 18.6 Å². The van der Waals surface area contributed by atoms with Crippen molar-refractivity contribution in [1.29, 1.82) is 0 Å². The molecular weight excluding hydrogens is 428 g/mol. The maximum Gasteiger partial charge on any atom is 0.322 e. The van der Waals surface area contributed by atoms with E-state index in [0.29, 0.717) is 0 Å². The third kappa shape index (κ3) is 7.76. The Morgan fingerprint density at radius 1 is 1.19 bits per heavy atom. The van der Waals surface area contributed by atoms with Gasteiger partial charge >= 0.3 is 11.9 Å². The summed E-state index contributed by atoms with van der Waals surface area (Å²) in [5.41, 5.74) is -0.946. The van der Waals surface area contributed by atoms with E-state index in [0.717, 1.165) is 11.4 Å². The number of nitrogens with zero attached hydrogens (tertiary/aromatic N) is 2. The normalized spacial score (nSPS) is 13.8. The van der Waals surface area contributed by atoms with Crippen molar-refractivity contribution in [2.24, 2.45) is 5.92 Å². The summed E-state index contributed by atoms with van der Waals surface area (Å²) in [6.45, 7) is 6.97. The number of esters is 2. The summed E-state index contributed by atoms with van der Waals surface area (Å²) < 4.78 is 37.1. The van der Waals surface area contributed by atoms with Crippen molar-refractivity contribution in [3.63, 3.8) is 0 Å². The van der Waals surface area contributed by atoms with Crippen molar-refractivity contribution in [3.8, 4) is 0 Å². The lowest BCUT2D eigenvalue weighted by atomic mass is 10.1. The second-order valence-electron chi connectivity index (χ2n) is 7.71. The van der Waals surface area contributed by atoms with Crippen LogP contribution in [0.1, 0.15) is 27.2 Å². The molecule has 1 aromatic rings. The van der Waals surface area contributed by atoms with E-state index in [4.69, 9.17) is 4.74 Å². The zero-order valence-electron chi connectivity index (χ0n) is 18.0. The molecule has 0 aromatic heterocycles. The number of carbonyl (C=O) groups is 2. The highest BCUT2D eigenvalue weighted by molar-refractivity contribution is 7.89. The molecule has 2 atom stereocenters. The smallest absolute Gasteiger partial charge is 0.322 e. The van der Waals surface area contributed by atoms with E-state index < -0.39 is 57.5 Å². The standard InChI is InChI=1S/C20H28N2O8S/c1-6-10-15(22(25)26)13-21(31(27,28)16-11-8-7-9-12-16)14-17(18(23)29-5)19(24)30-20(2,3)4/h6-9,11-12,15,17H,1,10,13-14H2,2-5H3/t15-,17?/m0/s1. The second kappa shape index (κ2) is 11.0. The molecule has 1 rings (SSSR count). The van der Waals surface area contributed by atoms with Crippen molar-refractivity contribution in [1.82, 2.24) is 4.31 Å². The molecule has 1 unspecified atom stereocenters. The topological polar surface area (TPSA) is 133 Å². The van der Waals surface area contributed by atoms with Crippen LogP contribution in [0.15, 0.2) is 47.9 Å². The zero-order valence-corrected chi connectivity index (χ0v) is 18.8. The zero-order chi connectivity index (χ0) is 23.8. The molecule has 0 heterocycles. The minimum absolute atomic E-state index is 0.108. The van der Waals surface area contributed by atoms with Gasteiger partial charge in [-0.2, -0.15) is 4.31 Å². The van der Waals surface area contributed by atoms with Gasteiger partial charge in [-0.05, 0) is 32.9 Å². The fourth-order valence-electron chi connectivity index (χ4n) is 2.63. The minimum atomic E-state index is -4.28. The minimum Gasteiger partial charge on any atom is -0.468 e. The highest BCUT2D eigenvalue weighted by Gasteiger charge is 2.39. The van der Waals surface area contributed by atoms with Crippen molar-refractivity contribution >= 4 is 22.0 Å². The van der Waals surface area contributed by atoms with Gasteiger partial charge in [0.2, 0.25) is 16.1 Å². The maximum atomic E-state index is 13.2. The number of hydrogen-bond donors (Lipinski definition) is 0. The molecular formula is C20H28N2O8S. The number of benzene rings is 1. The summed E-state index contributed by atoms with van der Waals surface area (Å²) in [5.74, 6) is -3.63. The highest BCUT2D eigenvalue weighted by Crippen LogP contribution is 2.21. The van der Waals surface area contributed by atoms with Crippen LogP contribution in [0.4, 0.5) is 0 Å². The number of nitro groups is 1. The number of ether oxygens (including phenoxy) is 2. The van der Waals surface area contributed by atoms with Crippen LogP contribution in [0.5, 0.6) is 0 Å². The molecule has 0 N–H and O–H groups in total. The van der Waals surface area contributed by atoms with Crippen LogP contribution in [0, 0.1) is 16.0 Å². The highest BCUT2D eigenvalue weighted by atomic mass is 32.2. The summed E-state index contributed by atoms with van der Waals surface area (Å²) in [4.78, 5) is 35.6. The van der Waals surface area contributed by atoms with Crippen LogP contribution >= 0.6 is 0 Å². The van der Waals surface area contributed by atoms with Gasteiger partial charge in [-0.3, -0.25) is 19.7 Å². The maximum absolute atomic E-state index is 13.2. The fourth-order valence-corrected chi connectivity index (χ4v) is 4.14. The van der Waals surface area contributed by atoms with Crippen LogP contribution in [-0.4, -0.2) is 61.4 Å². The molecule has 0 fully saturated rings. The Balaban J connectivity index is 3.42. The Morgan fingerprint density at radius 2 is 1.77 bits per heavy atom. The van der Waals surface area contributed by atoms with Crippen molar-refractivity contribution in [3.05, 3.63) is 53.1 Å². The molecule has 10 nitrogen and oxygen atoms in total. The van der Waals surface area contributed by atoms with E-state index in [2.05, 4.69) is 11.3 Å². The first-order valence-corrected chi connectivity index (χ1v) is 10.9. The molecule has 31 heavy (non-hydrogen) atoms. The van der Waals surface area contributed by atoms with Crippen molar-refractivity contribution < 1.29 is 32.4 Å². The Kier molecular flexibility index (Phi) is 9.32. The van der Waals surface area contributed by atoms with Gasteiger partial charge in [-0.1, -0.05) is 24.3 Å². The average molecular weight is 457 g/mol. The Labute approximate surface area is 182 Å². The third-order valence-electron chi connectivity index (χ3n) is 4.10. The summed E-state index contributed by atoms with van der Waals surface area (Å²) >= 11 is 0. The van der Waals surface area contributed by atoms with Crippen LogP contribution in [-0.2, 0) is 29.1 Å². The van der Waals surface area contributed by atoms with E-state index in [-0.39, 0.29) is 11.3 Å². The SMILES string of the molecule is C=CC[C@@H](CN(CC(C(=O)OC)C(=O)OC(C)(C)C)S(=O)(=O)c1ccccc1)[N+](=O)[O-]. The fraction of sp³-hybridized carbons (Fsp3) is 0.500. The molecule has 0 aliphatic rings. The van der Waals surface area contributed by atoms with Crippen LogP contribution in [0.25, 0.3) is 0 Å². The number of carbonyl (C=O) groups excluding carboxylic acids is 2. The van der Waals surface area contributed by atoms with E-state index in [9.17, 15) is 28.1 Å². The Hall–Kier alpha value is -2.79. The van der Waals surface area contributed by atoms with Gasteiger partial charge < -0.3 is 9.47 Å². The molecule has 0 saturated heterocycles. The van der Waals surface area contributed by atoms with E-state index in [1.54, 1.807) is 26.8 Å². The molecule has 1 aromatic carbocycles. The number of sulfonamides is 1. The number of rotatable bonds is 11. The molecule has 0 radical (unpaired) electrons.